The Morgan fingerprint density at radius 1 is 1.16 bits per heavy atom. The molecule has 1 saturated heterocycles. The van der Waals surface area contributed by atoms with Gasteiger partial charge in [0, 0.05) is 36.0 Å². The first-order valence-corrected chi connectivity index (χ1v) is 11.6. The van der Waals surface area contributed by atoms with Crippen LogP contribution in [-0.2, 0) is 4.79 Å². The molecule has 0 bridgehead atoms. The summed E-state index contributed by atoms with van der Waals surface area (Å²) >= 11 is 8.05. The molecule has 0 radical (unpaired) electrons. The fourth-order valence-electron chi connectivity index (χ4n) is 4.15. The lowest BCUT2D eigenvalue weighted by molar-refractivity contribution is -0.120. The van der Waals surface area contributed by atoms with Crippen LogP contribution in [0.1, 0.15) is 23.3 Å². The zero-order valence-corrected chi connectivity index (χ0v) is 19.0. The molecule has 1 fully saturated rings. The summed E-state index contributed by atoms with van der Waals surface area (Å²) in [5.41, 5.74) is 1.80. The molecule has 1 N–H and O–H groups in total. The average molecular weight is 459 g/mol. The summed E-state index contributed by atoms with van der Waals surface area (Å²) in [6.45, 7) is 6.76. The Labute approximate surface area is 189 Å². The van der Waals surface area contributed by atoms with Gasteiger partial charge in [-0.25, -0.2) is 9.97 Å². The minimum atomic E-state index is -0.0804. The van der Waals surface area contributed by atoms with Crippen LogP contribution in [0, 0.1) is 19.8 Å². The fraction of sp³-hybridized carbons (Fsp3) is 0.409. The molecule has 0 spiro atoms. The number of ether oxygens (including phenoxy) is 2. The molecule has 162 valence electrons. The molecule has 0 saturated carbocycles. The topological polar surface area (TPSA) is 76.6 Å². The quantitative estimate of drug-likeness (QED) is 0.618. The molecule has 4 heterocycles. The van der Waals surface area contributed by atoms with Crippen molar-refractivity contribution in [2.75, 3.05) is 36.5 Å². The van der Waals surface area contributed by atoms with Gasteiger partial charge in [0.05, 0.1) is 16.1 Å². The van der Waals surface area contributed by atoms with Gasteiger partial charge in [-0.05, 0) is 32.3 Å². The van der Waals surface area contributed by atoms with E-state index in [1.54, 1.807) is 29.8 Å². The Kier molecular flexibility index (Phi) is 5.35. The van der Waals surface area contributed by atoms with Crippen molar-refractivity contribution < 1.29 is 14.3 Å². The molecular weight excluding hydrogens is 436 g/mol. The maximum Gasteiger partial charge on any atom is 0.227 e. The molecule has 2 aliphatic heterocycles. The summed E-state index contributed by atoms with van der Waals surface area (Å²) in [5.74, 6) is 2.09. The Hall–Kier alpha value is -2.58. The number of piperidine rings is 1. The van der Waals surface area contributed by atoms with E-state index in [0.29, 0.717) is 35.4 Å². The largest absolute Gasteiger partial charge is 0.486 e. The number of hydrogen-bond acceptors (Lipinski definition) is 7. The van der Waals surface area contributed by atoms with Crippen LogP contribution in [0.2, 0.25) is 5.02 Å². The van der Waals surface area contributed by atoms with Gasteiger partial charge in [-0.3, -0.25) is 4.79 Å². The second-order valence-electron chi connectivity index (χ2n) is 7.89. The molecule has 1 aromatic carbocycles. The van der Waals surface area contributed by atoms with Crippen molar-refractivity contribution in [1.29, 1.82) is 0 Å². The summed E-state index contributed by atoms with van der Waals surface area (Å²) in [7, 11) is 0. The van der Waals surface area contributed by atoms with E-state index in [1.165, 1.54) is 10.4 Å². The van der Waals surface area contributed by atoms with E-state index in [-0.39, 0.29) is 11.8 Å². The molecule has 7 nitrogen and oxygen atoms in total. The lowest BCUT2D eigenvalue weighted by atomic mass is 9.95. The number of anilines is 2. The van der Waals surface area contributed by atoms with Gasteiger partial charge in [-0.1, -0.05) is 11.6 Å². The van der Waals surface area contributed by atoms with Crippen LogP contribution in [0.5, 0.6) is 11.5 Å². The van der Waals surface area contributed by atoms with Gasteiger partial charge in [0.2, 0.25) is 5.91 Å². The molecular formula is C22H23ClN4O3S. The molecule has 0 atom stereocenters. The monoisotopic (exact) mass is 458 g/mol. The third-order valence-corrected chi connectivity index (χ3v) is 7.43. The summed E-state index contributed by atoms with van der Waals surface area (Å²) < 4.78 is 11.1. The second-order valence-corrected chi connectivity index (χ2v) is 9.50. The summed E-state index contributed by atoms with van der Waals surface area (Å²) in [5, 5.41) is 4.56. The fourth-order valence-corrected chi connectivity index (χ4v) is 5.34. The molecule has 2 aliphatic rings. The molecule has 0 aliphatic carbocycles. The Morgan fingerprint density at radius 2 is 1.87 bits per heavy atom. The predicted molar refractivity (Wildman–Crippen MR) is 123 cm³/mol. The Morgan fingerprint density at radius 3 is 2.61 bits per heavy atom. The summed E-state index contributed by atoms with van der Waals surface area (Å²) in [6.07, 6.45) is 3.14. The van der Waals surface area contributed by atoms with Crippen molar-refractivity contribution in [2.24, 2.45) is 5.92 Å². The third kappa shape index (κ3) is 3.78. The SMILES string of the molecule is Cc1sc2ncnc(N3CCC(C(=O)Nc4cc5c(cc4Cl)OCCO5)CC3)c2c1C. The number of thiophene rings is 1. The van der Waals surface area contributed by atoms with Crippen LogP contribution in [0.25, 0.3) is 10.2 Å². The number of nitrogens with one attached hydrogen (secondary N) is 1. The Balaban J connectivity index is 1.28. The van der Waals surface area contributed by atoms with Crippen molar-refractivity contribution in [3.63, 3.8) is 0 Å². The molecule has 5 rings (SSSR count). The maximum atomic E-state index is 12.9. The minimum absolute atomic E-state index is 0.0198. The molecule has 2 aromatic heterocycles. The van der Waals surface area contributed by atoms with Gasteiger partial charge in [0.25, 0.3) is 0 Å². The van der Waals surface area contributed by atoms with Crippen molar-refractivity contribution >= 4 is 50.6 Å². The van der Waals surface area contributed by atoms with E-state index < -0.39 is 0 Å². The molecule has 3 aromatic rings. The number of hydrogen-bond donors (Lipinski definition) is 1. The van der Waals surface area contributed by atoms with Gasteiger partial charge in [0.1, 0.15) is 30.2 Å². The van der Waals surface area contributed by atoms with Crippen molar-refractivity contribution in [3.05, 3.63) is 33.9 Å². The zero-order valence-electron chi connectivity index (χ0n) is 17.4. The van der Waals surface area contributed by atoms with Crippen molar-refractivity contribution in [3.8, 4) is 11.5 Å². The number of carbonyl (C=O) groups excluding carboxylic acids is 1. The highest BCUT2D eigenvalue weighted by Crippen LogP contribution is 2.39. The number of fused-ring (bicyclic) bond motifs is 2. The second kappa shape index (κ2) is 8.16. The van der Waals surface area contributed by atoms with Crippen LogP contribution in [0.15, 0.2) is 18.5 Å². The number of benzene rings is 1. The van der Waals surface area contributed by atoms with Crippen LogP contribution in [0.3, 0.4) is 0 Å². The maximum absolute atomic E-state index is 12.9. The lowest BCUT2D eigenvalue weighted by Gasteiger charge is -2.32. The zero-order chi connectivity index (χ0) is 21.5. The van der Waals surface area contributed by atoms with E-state index in [2.05, 4.69) is 34.0 Å². The standard InChI is InChI=1S/C22H23ClN4O3S/c1-12-13(2)31-22-19(12)20(24-11-25-22)27-5-3-14(4-6-27)21(28)26-16-10-18-17(9-15(16)23)29-7-8-30-18/h9-11,14H,3-8H2,1-2H3,(H,26,28). The lowest BCUT2D eigenvalue weighted by Crippen LogP contribution is -2.38. The highest BCUT2D eigenvalue weighted by molar-refractivity contribution is 7.18. The van der Waals surface area contributed by atoms with E-state index in [9.17, 15) is 4.79 Å². The summed E-state index contributed by atoms with van der Waals surface area (Å²) in [4.78, 5) is 26.5. The number of halogens is 1. The van der Waals surface area contributed by atoms with Crippen molar-refractivity contribution in [1.82, 2.24) is 9.97 Å². The number of amides is 1. The normalized spacial score (nSPS) is 16.5. The number of carbonyl (C=O) groups is 1. The van der Waals surface area contributed by atoms with Gasteiger partial charge >= 0.3 is 0 Å². The first-order chi connectivity index (χ1) is 15.0. The van der Waals surface area contributed by atoms with Crippen LogP contribution in [-0.4, -0.2) is 42.2 Å². The van der Waals surface area contributed by atoms with Gasteiger partial charge in [-0.15, -0.1) is 11.3 Å². The van der Waals surface area contributed by atoms with E-state index >= 15 is 0 Å². The summed E-state index contributed by atoms with van der Waals surface area (Å²) in [6, 6.07) is 3.43. The van der Waals surface area contributed by atoms with Gasteiger partial charge in [0.15, 0.2) is 11.5 Å². The highest BCUT2D eigenvalue weighted by Gasteiger charge is 2.28. The molecule has 31 heavy (non-hydrogen) atoms. The number of rotatable bonds is 3. The van der Waals surface area contributed by atoms with Crippen LogP contribution < -0.4 is 19.7 Å². The third-order valence-electron chi connectivity index (χ3n) is 6.00. The van der Waals surface area contributed by atoms with Gasteiger partial charge < -0.3 is 19.7 Å². The number of aromatic nitrogens is 2. The molecule has 0 unspecified atom stereocenters. The minimum Gasteiger partial charge on any atom is -0.486 e. The highest BCUT2D eigenvalue weighted by atomic mass is 35.5. The predicted octanol–water partition coefficient (Wildman–Crippen LogP) is 4.59. The average Bonchev–Trinajstić information content (AvgIpc) is 3.08. The van der Waals surface area contributed by atoms with Crippen LogP contribution >= 0.6 is 22.9 Å². The number of nitrogens with zero attached hydrogens (tertiary/aromatic N) is 3. The first-order valence-electron chi connectivity index (χ1n) is 10.4. The van der Waals surface area contributed by atoms with Crippen molar-refractivity contribution in [2.45, 2.75) is 26.7 Å². The first kappa shape index (κ1) is 20.3. The van der Waals surface area contributed by atoms with E-state index in [4.69, 9.17) is 21.1 Å². The van der Waals surface area contributed by atoms with Gasteiger partial charge in [-0.2, -0.15) is 0 Å². The Bertz CT molecular complexity index is 1160. The van der Waals surface area contributed by atoms with E-state index in [1.807, 2.05) is 0 Å². The smallest absolute Gasteiger partial charge is 0.227 e. The molecule has 1 amide bonds. The molecule has 9 heteroatoms. The van der Waals surface area contributed by atoms with E-state index in [0.717, 1.165) is 42.0 Å². The number of aryl methyl sites for hydroxylation is 2. The van der Waals surface area contributed by atoms with Crippen LogP contribution in [0.4, 0.5) is 11.5 Å².